The number of pyridine rings is 1. The summed E-state index contributed by atoms with van der Waals surface area (Å²) in [6, 6.07) is 6.25. The van der Waals surface area contributed by atoms with Gasteiger partial charge in [0.15, 0.2) is 0 Å². The molecule has 0 bridgehead atoms. The van der Waals surface area contributed by atoms with Gasteiger partial charge in [-0.3, -0.25) is 0 Å². The van der Waals surface area contributed by atoms with Crippen molar-refractivity contribution in [1.29, 1.82) is 0 Å². The van der Waals surface area contributed by atoms with Crippen LogP contribution in [-0.2, 0) is 0 Å². The Kier molecular flexibility index (Phi) is 3.21. The molecule has 0 aliphatic carbocycles. The minimum atomic E-state index is 1.09. The molecular weight excluding hydrogens is 186 g/mol. The lowest BCUT2D eigenvalue weighted by atomic mass is 10.3. The Hall–Kier alpha value is -1.09. The van der Waals surface area contributed by atoms with E-state index in [1.165, 1.54) is 13.0 Å². The Balaban J connectivity index is 2.09. The SMILES string of the molecule is Cc1cccc(N2CCCN(C)CC2)n1. The van der Waals surface area contributed by atoms with E-state index < -0.39 is 0 Å². The summed E-state index contributed by atoms with van der Waals surface area (Å²) in [4.78, 5) is 9.34. The van der Waals surface area contributed by atoms with Crippen LogP contribution >= 0.6 is 0 Å². The number of rotatable bonds is 1. The average molecular weight is 205 g/mol. The minimum Gasteiger partial charge on any atom is -0.355 e. The summed E-state index contributed by atoms with van der Waals surface area (Å²) in [7, 11) is 2.19. The highest BCUT2D eigenvalue weighted by atomic mass is 15.2. The molecule has 2 heterocycles. The van der Waals surface area contributed by atoms with Crippen LogP contribution in [0.4, 0.5) is 5.82 Å². The van der Waals surface area contributed by atoms with E-state index in [4.69, 9.17) is 0 Å². The summed E-state index contributed by atoms with van der Waals surface area (Å²) in [5.41, 5.74) is 1.10. The highest BCUT2D eigenvalue weighted by molar-refractivity contribution is 5.39. The lowest BCUT2D eigenvalue weighted by molar-refractivity contribution is 0.360. The maximum Gasteiger partial charge on any atom is 0.128 e. The van der Waals surface area contributed by atoms with Gasteiger partial charge in [0, 0.05) is 25.3 Å². The molecule has 2 rings (SSSR count). The topological polar surface area (TPSA) is 19.4 Å². The monoisotopic (exact) mass is 205 g/mol. The van der Waals surface area contributed by atoms with Crippen molar-refractivity contribution in [3.63, 3.8) is 0 Å². The Bertz CT molecular complexity index is 324. The third kappa shape index (κ3) is 2.69. The Labute approximate surface area is 91.7 Å². The van der Waals surface area contributed by atoms with Crippen molar-refractivity contribution < 1.29 is 0 Å². The zero-order valence-electron chi connectivity index (χ0n) is 9.61. The van der Waals surface area contributed by atoms with E-state index in [1.807, 2.05) is 13.0 Å². The van der Waals surface area contributed by atoms with Crippen molar-refractivity contribution in [2.75, 3.05) is 38.1 Å². The fraction of sp³-hybridized carbons (Fsp3) is 0.583. The van der Waals surface area contributed by atoms with Gasteiger partial charge in [0.05, 0.1) is 0 Å². The largest absolute Gasteiger partial charge is 0.355 e. The molecular formula is C12H19N3. The number of likely N-dealkylation sites (N-methyl/N-ethyl adjacent to an activating group) is 1. The van der Waals surface area contributed by atoms with Crippen LogP contribution in [0.3, 0.4) is 0 Å². The fourth-order valence-corrected chi connectivity index (χ4v) is 1.98. The summed E-state index contributed by atoms with van der Waals surface area (Å²) in [5, 5.41) is 0. The van der Waals surface area contributed by atoms with Gasteiger partial charge in [-0.2, -0.15) is 0 Å². The predicted molar refractivity (Wildman–Crippen MR) is 63.3 cm³/mol. The van der Waals surface area contributed by atoms with Crippen molar-refractivity contribution in [3.05, 3.63) is 23.9 Å². The Morgan fingerprint density at radius 3 is 2.80 bits per heavy atom. The normalized spacial score (nSPS) is 18.9. The molecule has 1 aromatic rings. The van der Waals surface area contributed by atoms with Gasteiger partial charge >= 0.3 is 0 Å². The van der Waals surface area contributed by atoms with Crippen molar-refractivity contribution in [1.82, 2.24) is 9.88 Å². The maximum atomic E-state index is 4.57. The lowest BCUT2D eigenvalue weighted by Crippen LogP contribution is -2.29. The van der Waals surface area contributed by atoms with E-state index >= 15 is 0 Å². The zero-order chi connectivity index (χ0) is 10.7. The third-order valence-electron chi connectivity index (χ3n) is 2.92. The van der Waals surface area contributed by atoms with Gasteiger partial charge in [0.25, 0.3) is 0 Å². The second-order valence-corrected chi connectivity index (χ2v) is 4.28. The van der Waals surface area contributed by atoms with Gasteiger partial charge in [-0.1, -0.05) is 6.07 Å². The van der Waals surface area contributed by atoms with Gasteiger partial charge in [-0.15, -0.1) is 0 Å². The van der Waals surface area contributed by atoms with Crippen LogP contribution in [-0.4, -0.2) is 43.1 Å². The Morgan fingerprint density at radius 2 is 2.00 bits per heavy atom. The van der Waals surface area contributed by atoms with Crippen LogP contribution < -0.4 is 4.90 Å². The first-order chi connectivity index (χ1) is 7.25. The predicted octanol–water partition coefficient (Wildman–Crippen LogP) is 1.53. The molecule has 3 heteroatoms. The van der Waals surface area contributed by atoms with Gasteiger partial charge in [0.2, 0.25) is 0 Å². The molecule has 0 atom stereocenters. The summed E-state index contributed by atoms with van der Waals surface area (Å²) < 4.78 is 0. The smallest absolute Gasteiger partial charge is 0.128 e. The molecule has 0 amide bonds. The lowest BCUT2D eigenvalue weighted by Gasteiger charge is -2.21. The van der Waals surface area contributed by atoms with E-state index in [0.29, 0.717) is 0 Å². The van der Waals surface area contributed by atoms with E-state index in [2.05, 4.69) is 34.0 Å². The molecule has 0 spiro atoms. The van der Waals surface area contributed by atoms with Crippen LogP contribution in [0.5, 0.6) is 0 Å². The number of aryl methyl sites for hydroxylation is 1. The zero-order valence-corrected chi connectivity index (χ0v) is 9.61. The van der Waals surface area contributed by atoms with Crippen molar-refractivity contribution in [2.45, 2.75) is 13.3 Å². The van der Waals surface area contributed by atoms with Gasteiger partial charge in [-0.05, 0) is 39.1 Å². The molecule has 0 N–H and O–H groups in total. The minimum absolute atomic E-state index is 1.09. The maximum absolute atomic E-state index is 4.57. The number of aromatic nitrogens is 1. The van der Waals surface area contributed by atoms with E-state index in [9.17, 15) is 0 Å². The van der Waals surface area contributed by atoms with Crippen LogP contribution in [0.15, 0.2) is 18.2 Å². The molecule has 1 fully saturated rings. The summed E-state index contributed by atoms with van der Waals surface area (Å²) in [6.07, 6.45) is 1.23. The quantitative estimate of drug-likeness (QED) is 0.693. The van der Waals surface area contributed by atoms with Crippen molar-refractivity contribution in [3.8, 4) is 0 Å². The average Bonchev–Trinajstić information content (AvgIpc) is 2.43. The van der Waals surface area contributed by atoms with Crippen LogP contribution in [0, 0.1) is 6.92 Å². The number of hydrogen-bond acceptors (Lipinski definition) is 3. The van der Waals surface area contributed by atoms with Crippen molar-refractivity contribution >= 4 is 5.82 Å². The van der Waals surface area contributed by atoms with Crippen molar-refractivity contribution in [2.24, 2.45) is 0 Å². The first-order valence-corrected chi connectivity index (χ1v) is 5.63. The van der Waals surface area contributed by atoms with E-state index in [1.54, 1.807) is 0 Å². The first-order valence-electron chi connectivity index (χ1n) is 5.63. The highest BCUT2D eigenvalue weighted by Crippen LogP contribution is 2.13. The molecule has 0 unspecified atom stereocenters. The summed E-state index contributed by atoms with van der Waals surface area (Å²) >= 11 is 0. The molecule has 0 radical (unpaired) electrons. The van der Waals surface area contributed by atoms with Gasteiger partial charge in [0.1, 0.15) is 5.82 Å². The molecule has 1 aliphatic heterocycles. The second kappa shape index (κ2) is 4.62. The molecule has 1 saturated heterocycles. The second-order valence-electron chi connectivity index (χ2n) is 4.28. The first kappa shape index (κ1) is 10.4. The van der Waals surface area contributed by atoms with E-state index in [0.717, 1.165) is 31.1 Å². The Morgan fingerprint density at radius 1 is 1.13 bits per heavy atom. The fourth-order valence-electron chi connectivity index (χ4n) is 1.98. The van der Waals surface area contributed by atoms with Crippen LogP contribution in [0.2, 0.25) is 0 Å². The molecule has 0 saturated carbocycles. The summed E-state index contributed by atoms with van der Waals surface area (Å²) in [5.74, 6) is 1.13. The van der Waals surface area contributed by atoms with Gasteiger partial charge < -0.3 is 9.80 Å². The molecule has 15 heavy (non-hydrogen) atoms. The molecule has 1 aliphatic rings. The van der Waals surface area contributed by atoms with Crippen LogP contribution in [0.1, 0.15) is 12.1 Å². The molecule has 82 valence electrons. The third-order valence-corrected chi connectivity index (χ3v) is 2.92. The molecule has 1 aromatic heterocycles. The summed E-state index contributed by atoms with van der Waals surface area (Å²) in [6.45, 7) is 6.60. The van der Waals surface area contributed by atoms with Crippen LogP contribution in [0.25, 0.3) is 0 Å². The number of hydrogen-bond donors (Lipinski definition) is 0. The van der Waals surface area contributed by atoms with E-state index in [-0.39, 0.29) is 0 Å². The molecule has 3 nitrogen and oxygen atoms in total. The number of anilines is 1. The van der Waals surface area contributed by atoms with Gasteiger partial charge in [-0.25, -0.2) is 4.98 Å². The standard InChI is InChI=1S/C12H19N3/c1-11-5-3-6-12(13-11)15-8-4-7-14(2)9-10-15/h3,5-6H,4,7-10H2,1-2H3. The number of nitrogens with zero attached hydrogens (tertiary/aromatic N) is 3. The highest BCUT2D eigenvalue weighted by Gasteiger charge is 2.12. The molecule has 0 aromatic carbocycles.